The van der Waals surface area contributed by atoms with Crippen molar-refractivity contribution in [2.24, 2.45) is 0 Å². The average molecular weight is 339 g/mol. The van der Waals surface area contributed by atoms with Crippen molar-refractivity contribution in [3.63, 3.8) is 0 Å². The molecule has 1 atom stereocenters. The van der Waals surface area contributed by atoms with Gasteiger partial charge in [0.05, 0.1) is 12.7 Å². The number of aromatic nitrogens is 4. The maximum Gasteiger partial charge on any atom is 0.302 e. The number of H-pyrrole nitrogens is 1. The quantitative estimate of drug-likeness (QED) is 0.419. The topological polar surface area (TPSA) is 134 Å². The number of rotatable bonds is 7. The van der Waals surface area contributed by atoms with Crippen LogP contribution in [0.3, 0.4) is 0 Å². The van der Waals surface area contributed by atoms with Crippen LogP contribution >= 0.6 is 0 Å². The van der Waals surface area contributed by atoms with Crippen LogP contribution in [0.25, 0.3) is 11.2 Å². The van der Waals surface area contributed by atoms with Gasteiger partial charge in [-0.05, 0) is 13.8 Å². The summed E-state index contributed by atoms with van der Waals surface area (Å²) in [6, 6.07) is 0. The van der Waals surface area contributed by atoms with Crippen molar-refractivity contribution in [3.05, 3.63) is 16.7 Å². The number of nitrogen functional groups attached to an aromatic ring is 1. The Morgan fingerprint density at radius 3 is 2.79 bits per heavy atom. The SMILES string of the molecule is CC(=O)OCCOC(C)(OC(C)C)n1cnc2c(=O)[nH]c(N)nc21. The molecule has 0 radical (unpaired) electrons. The number of nitrogens with zero attached hydrogens (tertiary/aromatic N) is 3. The minimum atomic E-state index is -1.31. The Morgan fingerprint density at radius 2 is 2.17 bits per heavy atom. The summed E-state index contributed by atoms with van der Waals surface area (Å²) in [5, 5.41) is 0. The zero-order valence-corrected chi connectivity index (χ0v) is 14.0. The third-order valence-electron chi connectivity index (χ3n) is 3.08. The molecule has 3 N–H and O–H groups in total. The molecular weight excluding hydrogens is 318 g/mol. The summed E-state index contributed by atoms with van der Waals surface area (Å²) in [6.45, 7) is 6.78. The third-order valence-corrected chi connectivity index (χ3v) is 3.08. The molecule has 0 aliphatic heterocycles. The summed E-state index contributed by atoms with van der Waals surface area (Å²) in [7, 11) is 0. The lowest BCUT2D eigenvalue weighted by Crippen LogP contribution is -2.39. The lowest BCUT2D eigenvalue weighted by atomic mass is 10.4. The zero-order chi connectivity index (χ0) is 17.9. The van der Waals surface area contributed by atoms with Crippen molar-refractivity contribution < 1.29 is 19.0 Å². The summed E-state index contributed by atoms with van der Waals surface area (Å²) >= 11 is 0. The molecule has 10 nitrogen and oxygen atoms in total. The second-order valence-corrected chi connectivity index (χ2v) is 5.49. The molecule has 0 aliphatic rings. The fourth-order valence-electron chi connectivity index (χ4n) is 2.24. The standard InChI is InChI=1S/C14H21N5O5/c1-8(2)24-14(4,23-6-5-22-9(3)20)19-7-16-10-11(19)17-13(15)18-12(10)21/h7-8H,5-6H2,1-4H3,(H3,15,17,18,21). The number of carbonyl (C=O) groups excluding carboxylic acids is 1. The average Bonchev–Trinajstić information content (AvgIpc) is 2.87. The Labute approximate surface area is 137 Å². The molecule has 2 aromatic heterocycles. The van der Waals surface area contributed by atoms with Crippen LogP contribution in [0.4, 0.5) is 5.95 Å². The maximum absolute atomic E-state index is 11.9. The van der Waals surface area contributed by atoms with E-state index in [1.54, 1.807) is 6.92 Å². The van der Waals surface area contributed by atoms with Crippen LogP contribution in [-0.4, -0.2) is 44.8 Å². The van der Waals surface area contributed by atoms with Crippen LogP contribution in [0.2, 0.25) is 0 Å². The number of hydrogen-bond donors (Lipinski definition) is 2. The van der Waals surface area contributed by atoms with E-state index in [1.807, 2.05) is 13.8 Å². The fraction of sp³-hybridized carbons (Fsp3) is 0.571. The first-order chi connectivity index (χ1) is 11.2. The molecule has 2 rings (SSSR count). The van der Waals surface area contributed by atoms with Gasteiger partial charge in [0, 0.05) is 13.8 Å². The number of esters is 1. The van der Waals surface area contributed by atoms with Crippen molar-refractivity contribution in [2.45, 2.75) is 39.7 Å². The first-order valence-electron chi connectivity index (χ1n) is 7.41. The van der Waals surface area contributed by atoms with E-state index in [9.17, 15) is 9.59 Å². The molecule has 0 spiro atoms. The summed E-state index contributed by atoms with van der Waals surface area (Å²) in [6.07, 6.45) is 1.20. The van der Waals surface area contributed by atoms with Gasteiger partial charge in [-0.25, -0.2) is 4.98 Å². The van der Waals surface area contributed by atoms with E-state index in [0.717, 1.165) is 0 Å². The van der Waals surface area contributed by atoms with Gasteiger partial charge in [-0.15, -0.1) is 0 Å². The molecule has 1 unspecified atom stereocenters. The van der Waals surface area contributed by atoms with Crippen molar-refractivity contribution in [3.8, 4) is 0 Å². The lowest BCUT2D eigenvalue weighted by molar-refractivity contribution is -0.298. The molecule has 0 bridgehead atoms. The number of carbonyl (C=O) groups is 1. The number of nitrogens with two attached hydrogens (primary N) is 1. The van der Waals surface area contributed by atoms with Gasteiger partial charge in [0.2, 0.25) is 5.95 Å². The van der Waals surface area contributed by atoms with Crippen molar-refractivity contribution >= 4 is 23.1 Å². The fourth-order valence-corrected chi connectivity index (χ4v) is 2.24. The van der Waals surface area contributed by atoms with E-state index in [2.05, 4.69) is 15.0 Å². The Hall–Kier alpha value is -2.46. The van der Waals surface area contributed by atoms with Crippen LogP contribution in [0.5, 0.6) is 0 Å². The lowest BCUT2D eigenvalue weighted by Gasteiger charge is -2.32. The summed E-state index contributed by atoms with van der Waals surface area (Å²) in [5.74, 6) is -1.75. The third kappa shape index (κ3) is 3.89. The summed E-state index contributed by atoms with van der Waals surface area (Å²) in [5.41, 5.74) is 5.50. The summed E-state index contributed by atoms with van der Waals surface area (Å²) < 4.78 is 17.9. The van der Waals surface area contributed by atoms with Gasteiger partial charge >= 0.3 is 5.97 Å². The number of imidazole rings is 1. The number of aromatic amines is 1. The van der Waals surface area contributed by atoms with Gasteiger partial charge in [0.25, 0.3) is 11.5 Å². The monoisotopic (exact) mass is 339 g/mol. The maximum atomic E-state index is 11.9. The molecule has 24 heavy (non-hydrogen) atoms. The molecule has 2 aromatic rings. The van der Waals surface area contributed by atoms with Crippen LogP contribution in [0, 0.1) is 0 Å². The molecule has 0 amide bonds. The zero-order valence-electron chi connectivity index (χ0n) is 14.0. The second kappa shape index (κ2) is 6.97. The number of anilines is 1. The first-order valence-corrected chi connectivity index (χ1v) is 7.41. The summed E-state index contributed by atoms with van der Waals surface area (Å²) in [4.78, 5) is 33.3. The molecular formula is C14H21N5O5. The molecule has 2 heterocycles. The Kier molecular flexibility index (Phi) is 5.20. The van der Waals surface area contributed by atoms with E-state index in [0.29, 0.717) is 0 Å². The van der Waals surface area contributed by atoms with Crippen LogP contribution < -0.4 is 11.3 Å². The predicted octanol–water partition coefficient (Wildman–Crippen LogP) is 0.337. The Morgan fingerprint density at radius 1 is 1.46 bits per heavy atom. The van der Waals surface area contributed by atoms with E-state index in [1.165, 1.54) is 17.8 Å². The molecule has 0 saturated heterocycles. The van der Waals surface area contributed by atoms with Gasteiger partial charge in [-0.3, -0.25) is 19.1 Å². The highest BCUT2D eigenvalue weighted by molar-refractivity contribution is 5.70. The van der Waals surface area contributed by atoms with Gasteiger partial charge < -0.3 is 19.9 Å². The van der Waals surface area contributed by atoms with Crippen molar-refractivity contribution in [1.82, 2.24) is 19.5 Å². The second-order valence-electron chi connectivity index (χ2n) is 5.49. The largest absolute Gasteiger partial charge is 0.463 e. The van der Waals surface area contributed by atoms with Crippen LogP contribution in [0.15, 0.2) is 11.1 Å². The molecule has 0 aromatic carbocycles. The Bertz CT molecular complexity index is 783. The van der Waals surface area contributed by atoms with Crippen molar-refractivity contribution in [1.29, 1.82) is 0 Å². The number of nitrogens with one attached hydrogen (secondary N) is 1. The van der Waals surface area contributed by atoms with E-state index in [-0.39, 0.29) is 36.4 Å². The molecule has 132 valence electrons. The molecule has 0 fully saturated rings. The molecule has 0 aliphatic carbocycles. The minimum Gasteiger partial charge on any atom is -0.463 e. The van der Waals surface area contributed by atoms with Crippen LogP contribution in [-0.2, 0) is 24.9 Å². The van der Waals surface area contributed by atoms with Gasteiger partial charge in [-0.1, -0.05) is 0 Å². The van der Waals surface area contributed by atoms with Gasteiger partial charge in [0.1, 0.15) is 12.9 Å². The highest BCUT2D eigenvalue weighted by atomic mass is 16.7. The smallest absolute Gasteiger partial charge is 0.302 e. The molecule has 10 heteroatoms. The number of fused-ring (bicyclic) bond motifs is 1. The van der Waals surface area contributed by atoms with Gasteiger partial charge in [0.15, 0.2) is 11.2 Å². The van der Waals surface area contributed by atoms with E-state index >= 15 is 0 Å². The van der Waals surface area contributed by atoms with Crippen LogP contribution in [0.1, 0.15) is 27.7 Å². The number of ether oxygens (including phenoxy) is 3. The Balaban J connectivity index is 2.36. The normalized spacial score (nSPS) is 14.0. The minimum absolute atomic E-state index is 0.0407. The highest BCUT2D eigenvalue weighted by Gasteiger charge is 2.32. The van der Waals surface area contributed by atoms with E-state index in [4.69, 9.17) is 19.9 Å². The van der Waals surface area contributed by atoms with Crippen molar-refractivity contribution in [2.75, 3.05) is 18.9 Å². The first kappa shape index (κ1) is 17.9. The predicted molar refractivity (Wildman–Crippen MR) is 85.0 cm³/mol. The highest BCUT2D eigenvalue weighted by Crippen LogP contribution is 2.25. The van der Waals surface area contributed by atoms with Gasteiger partial charge in [-0.2, -0.15) is 4.98 Å². The number of hydrogen-bond acceptors (Lipinski definition) is 8. The molecule has 0 saturated carbocycles. The van der Waals surface area contributed by atoms with E-state index < -0.39 is 17.4 Å².